The average Bonchev–Trinajstić information content (AvgIpc) is 3.24. The summed E-state index contributed by atoms with van der Waals surface area (Å²) < 4.78 is 18.7. The number of benzene rings is 10. The van der Waals surface area contributed by atoms with Crippen LogP contribution >= 0.6 is 0 Å². The second-order valence-corrected chi connectivity index (χ2v) is 15.3. The molecular weight excluding hydrogens is 697 g/mol. The molecule has 0 radical (unpaired) electrons. The summed E-state index contributed by atoms with van der Waals surface area (Å²) >= 11 is 0. The van der Waals surface area contributed by atoms with Crippen molar-refractivity contribution in [1.29, 1.82) is 0 Å². The lowest BCUT2D eigenvalue weighted by Gasteiger charge is -2.24. The minimum atomic E-state index is 0.845. The minimum Gasteiger partial charge on any atom is -0.496 e. The lowest BCUT2D eigenvalue weighted by atomic mass is 9.80. The molecule has 0 unspecified atom stereocenters. The first-order valence-corrected chi connectivity index (χ1v) is 19.5. The third-order valence-corrected chi connectivity index (χ3v) is 11.8. The molecule has 0 aliphatic rings. The first-order chi connectivity index (χ1) is 27.9. The fourth-order valence-corrected chi connectivity index (χ4v) is 9.51. The van der Waals surface area contributed by atoms with Crippen molar-refractivity contribution < 1.29 is 14.2 Å². The van der Waals surface area contributed by atoms with Crippen LogP contribution in [0.1, 0.15) is 16.7 Å². The Kier molecular flexibility index (Phi) is 8.16. The van der Waals surface area contributed by atoms with Gasteiger partial charge in [0, 0.05) is 16.7 Å². The van der Waals surface area contributed by atoms with Crippen molar-refractivity contribution in [3.8, 4) is 50.6 Å². The van der Waals surface area contributed by atoms with Gasteiger partial charge in [-0.25, -0.2) is 0 Å². The quantitative estimate of drug-likeness (QED) is 0.159. The van der Waals surface area contributed by atoms with Crippen LogP contribution in [0.2, 0.25) is 0 Å². The van der Waals surface area contributed by atoms with Gasteiger partial charge in [-0.3, -0.25) is 0 Å². The monoisotopic (exact) mass is 738 g/mol. The Labute approximate surface area is 332 Å². The maximum atomic E-state index is 6.25. The van der Waals surface area contributed by atoms with Crippen molar-refractivity contribution in [2.45, 2.75) is 20.8 Å². The van der Waals surface area contributed by atoms with E-state index in [9.17, 15) is 0 Å². The van der Waals surface area contributed by atoms with Crippen LogP contribution in [-0.2, 0) is 0 Å². The smallest absolute Gasteiger partial charge is 0.127 e. The van der Waals surface area contributed by atoms with Crippen molar-refractivity contribution in [1.82, 2.24) is 0 Å². The summed E-state index contributed by atoms with van der Waals surface area (Å²) in [5.41, 5.74) is 10.2. The molecule has 10 aromatic carbocycles. The van der Waals surface area contributed by atoms with Crippen LogP contribution in [0.15, 0.2) is 146 Å². The zero-order chi connectivity index (χ0) is 38.9. The predicted octanol–water partition coefficient (Wildman–Crippen LogP) is 14.6. The maximum absolute atomic E-state index is 6.25. The molecular formula is C54H42O3. The number of hydrogen-bond acceptors (Lipinski definition) is 3. The van der Waals surface area contributed by atoms with E-state index in [0.717, 1.165) is 66.8 Å². The summed E-state index contributed by atoms with van der Waals surface area (Å²) in [7, 11) is 5.34. The number of aryl methyl sites for hydroxylation is 3. The van der Waals surface area contributed by atoms with E-state index in [1.54, 1.807) is 21.3 Å². The van der Waals surface area contributed by atoms with Gasteiger partial charge in [0.1, 0.15) is 17.2 Å². The molecule has 0 N–H and O–H groups in total. The summed E-state index contributed by atoms with van der Waals surface area (Å²) in [4.78, 5) is 0. The summed E-state index contributed by atoms with van der Waals surface area (Å²) in [5.74, 6) is 2.53. The number of ether oxygens (including phenoxy) is 3. The first kappa shape index (κ1) is 34.6. The lowest BCUT2D eigenvalue weighted by molar-refractivity contribution is 0.417. The van der Waals surface area contributed by atoms with E-state index < -0.39 is 0 Å². The Hall–Kier alpha value is -6.84. The molecule has 0 fully saturated rings. The van der Waals surface area contributed by atoms with Gasteiger partial charge in [0.15, 0.2) is 0 Å². The molecule has 0 atom stereocenters. The number of hydrogen-bond donors (Lipinski definition) is 0. The molecule has 0 aliphatic heterocycles. The number of methoxy groups -OCH3 is 3. The van der Waals surface area contributed by atoms with E-state index in [1.807, 2.05) is 0 Å². The zero-order valence-corrected chi connectivity index (χ0v) is 33.1. The van der Waals surface area contributed by atoms with Crippen LogP contribution in [0.5, 0.6) is 17.2 Å². The lowest BCUT2D eigenvalue weighted by Crippen LogP contribution is -1.98. The largest absolute Gasteiger partial charge is 0.496 e. The van der Waals surface area contributed by atoms with Gasteiger partial charge in [-0.05, 0) is 137 Å². The van der Waals surface area contributed by atoms with Crippen LogP contribution in [-0.4, -0.2) is 21.3 Å². The molecule has 0 amide bonds. The minimum absolute atomic E-state index is 0.845. The molecule has 0 aliphatic carbocycles. The fraction of sp³-hybridized carbons (Fsp3) is 0.111. The second kappa shape index (κ2) is 13.4. The molecule has 57 heavy (non-hydrogen) atoms. The number of fused-ring (bicyclic) bond motifs is 9. The molecule has 0 saturated carbocycles. The first-order valence-electron chi connectivity index (χ1n) is 19.5. The van der Waals surface area contributed by atoms with Crippen LogP contribution in [0.4, 0.5) is 0 Å². The van der Waals surface area contributed by atoms with E-state index in [4.69, 9.17) is 14.2 Å². The van der Waals surface area contributed by atoms with Crippen molar-refractivity contribution in [2.24, 2.45) is 0 Å². The third-order valence-electron chi connectivity index (χ3n) is 11.8. The topological polar surface area (TPSA) is 27.7 Å². The van der Waals surface area contributed by atoms with E-state index in [1.165, 1.54) is 65.2 Å². The van der Waals surface area contributed by atoms with Crippen molar-refractivity contribution in [2.75, 3.05) is 21.3 Å². The molecule has 0 saturated heterocycles. The van der Waals surface area contributed by atoms with Gasteiger partial charge in [0.25, 0.3) is 0 Å². The van der Waals surface area contributed by atoms with E-state index in [-0.39, 0.29) is 0 Å². The predicted molar refractivity (Wildman–Crippen MR) is 242 cm³/mol. The normalized spacial score (nSPS) is 11.7. The SMILES string of the molecule is COc1ccc2ccccc2c1-c1cc(C)cc2c1c1cc(C)cc(-c3c(OC)ccc4ccccc34)c1c1cc(C)cc(-c3c(OC)ccc4ccccc34)c21. The van der Waals surface area contributed by atoms with Gasteiger partial charge in [-0.15, -0.1) is 0 Å². The van der Waals surface area contributed by atoms with Crippen LogP contribution in [0, 0.1) is 20.8 Å². The van der Waals surface area contributed by atoms with Gasteiger partial charge in [0.2, 0.25) is 0 Å². The maximum Gasteiger partial charge on any atom is 0.127 e. The summed E-state index contributed by atoms with van der Waals surface area (Å²) in [6, 6.07) is 52.9. The van der Waals surface area contributed by atoms with Gasteiger partial charge in [-0.2, -0.15) is 0 Å². The molecule has 10 aromatic rings. The third kappa shape index (κ3) is 5.33. The van der Waals surface area contributed by atoms with E-state index in [2.05, 4.69) is 166 Å². The van der Waals surface area contributed by atoms with Gasteiger partial charge in [0.05, 0.1) is 21.3 Å². The highest BCUT2D eigenvalue weighted by molar-refractivity contribution is 6.35. The van der Waals surface area contributed by atoms with E-state index >= 15 is 0 Å². The molecule has 276 valence electrons. The highest BCUT2D eigenvalue weighted by Gasteiger charge is 2.25. The average molecular weight is 739 g/mol. The molecule has 0 heterocycles. The Morgan fingerprint density at radius 3 is 0.860 bits per heavy atom. The second-order valence-electron chi connectivity index (χ2n) is 15.3. The Morgan fingerprint density at radius 1 is 0.298 bits per heavy atom. The summed E-state index contributed by atoms with van der Waals surface area (Å²) in [6.07, 6.45) is 0. The molecule has 3 heteroatoms. The van der Waals surface area contributed by atoms with Crippen LogP contribution < -0.4 is 14.2 Å². The fourth-order valence-electron chi connectivity index (χ4n) is 9.51. The standard InChI is InChI=1S/C54H42O3/c1-31-25-40-49(43(28-31)52-37-16-10-7-13-34(37)19-22-46(52)55-4)41-26-32(2)30-45(54-39-18-12-9-15-36(39)21-24-48(54)57-6)51(41)42-27-33(3)29-44(50(40)42)53-38-17-11-8-14-35(38)20-23-47(53)56-5/h7-30H,1-6H3. The molecule has 0 spiro atoms. The summed E-state index contributed by atoms with van der Waals surface area (Å²) in [6.45, 7) is 6.64. The van der Waals surface area contributed by atoms with Crippen molar-refractivity contribution in [3.05, 3.63) is 162 Å². The van der Waals surface area contributed by atoms with Gasteiger partial charge in [-0.1, -0.05) is 127 Å². The van der Waals surface area contributed by atoms with Gasteiger partial charge < -0.3 is 14.2 Å². The van der Waals surface area contributed by atoms with Crippen LogP contribution in [0.25, 0.3) is 98.0 Å². The zero-order valence-electron chi connectivity index (χ0n) is 33.1. The Bertz CT molecular complexity index is 2900. The van der Waals surface area contributed by atoms with E-state index in [0.29, 0.717) is 0 Å². The highest BCUT2D eigenvalue weighted by atomic mass is 16.5. The molecule has 0 bridgehead atoms. The van der Waals surface area contributed by atoms with Gasteiger partial charge >= 0.3 is 0 Å². The highest BCUT2D eigenvalue weighted by Crippen LogP contribution is 2.53. The Balaban J connectivity index is 1.53. The van der Waals surface area contributed by atoms with Crippen molar-refractivity contribution in [3.63, 3.8) is 0 Å². The number of rotatable bonds is 6. The molecule has 0 aromatic heterocycles. The van der Waals surface area contributed by atoms with Crippen LogP contribution in [0.3, 0.4) is 0 Å². The van der Waals surface area contributed by atoms with Crippen molar-refractivity contribution >= 4 is 64.6 Å². The Morgan fingerprint density at radius 2 is 0.579 bits per heavy atom. The molecule has 10 rings (SSSR count). The summed E-state index contributed by atoms with van der Waals surface area (Å²) in [5, 5.41) is 14.1. The molecule has 3 nitrogen and oxygen atoms in total.